The Morgan fingerprint density at radius 2 is 1.68 bits per heavy atom. The fourth-order valence-electron chi connectivity index (χ4n) is 3.79. The van der Waals surface area contributed by atoms with Crippen molar-refractivity contribution in [3.8, 4) is 0 Å². The fourth-order valence-corrected chi connectivity index (χ4v) is 3.79. The van der Waals surface area contributed by atoms with Crippen LogP contribution in [-0.4, -0.2) is 11.9 Å². The van der Waals surface area contributed by atoms with Crippen molar-refractivity contribution in [2.24, 2.45) is 0 Å². The minimum absolute atomic E-state index is 0.194. The molecule has 5 nitrogen and oxygen atoms in total. The molecule has 3 aromatic rings. The fraction of sp³-hybridized carbons (Fsp3) is 0.304. The summed E-state index contributed by atoms with van der Waals surface area (Å²) in [5, 5.41) is 7.12. The van der Waals surface area contributed by atoms with E-state index in [0.717, 1.165) is 23.8 Å². The highest BCUT2D eigenvalue weighted by atomic mass is 16.4. The summed E-state index contributed by atoms with van der Waals surface area (Å²) in [6.45, 7) is 0. The van der Waals surface area contributed by atoms with Crippen LogP contribution in [0.4, 0.5) is 11.4 Å². The van der Waals surface area contributed by atoms with Crippen LogP contribution in [0.15, 0.2) is 63.8 Å². The van der Waals surface area contributed by atoms with E-state index in [9.17, 15) is 9.59 Å². The second-order valence-corrected chi connectivity index (χ2v) is 7.30. The number of anilines is 2. The molecule has 1 aliphatic carbocycles. The number of para-hydroxylation sites is 1. The van der Waals surface area contributed by atoms with E-state index in [-0.39, 0.29) is 11.6 Å². The van der Waals surface area contributed by atoms with E-state index in [1.54, 1.807) is 6.07 Å². The number of hydrogen-bond donors (Lipinski definition) is 2. The van der Waals surface area contributed by atoms with E-state index in [1.165, 1.54) is 12.8 Å². The predicted octanol–water partition coefficient (Wildman–Crippen LogP) is 4.72. The third-order valence-electron chi connectivity index (χ3n) is 5.26. The van der Waals surface area contributed by atoms with Crippen molar-refractivity contribution in [1.82, 2.24) is 0 Å². The van der Waals surface area contributed by atoms with Crippen LogP contribution in [-0.2, 0) is 11.2 Å². The molecule has 28 heavy (non-hydrogen) atoms. The molecule has 4 rings (SSSR count). The van der Waals surface area contributed by atoms with Gasteiger partial charge < -0.3 is 15.1 Å². The third-order valence-corrected chi connectivity index (χ3v) is 5.26. The van der Waals surface area contributed by atoms with Gasteiger partial charge in [-0.15, -0.1) is 0 Å². The molecule has 0 atom stereocenters. The first-order valence-electron chi connectivity index (χ1n) is 9.87. The van der Waals surface area contributed by atoms with Gasteiger partial charge in [-0.05, 0) is 37.0 Å². The molecule has 1 aliphatic rings. The van der Waals surface area contributed by atoms with E-state index in [4.69, 9.17) is 4.42 Å². The maximum atomic E-state index is 12.6. The number of nitrogens with one attached hydrogen (secondary N) is 2. The Bertz CT molecular complexity index is 1020. The normalized spacial score (nSPS) is 14.3. The predicted molar refractivity (Wildman–Crippen MR) is 112 cm³/mol. The number of carbonyl (C=O) groups excluding carboxylic acids is 1. The molecule has 5 heteroatoms. The van der Waals surface area contributed by atoms with Gasteiger partial charge in [0.25, 0.3) is 0 Å². The number of aryl methyl sites for hydroxylation is 1. The van der Waals surface area contributed by atoms with Crippen molar-refractivity contribution in [3.63, 3.8) is 0 Å². The Kier molecular flexibility index (Phi) is 5.42. The van der Waals surface area contributed by atoms with Crippen LogP contribution in [0.3, 0.4) is 0 Å². The number of rotatable bonds is 6. The van der Waals surface area contributed by atoms with Gasteiger partial charge in [-0.2, -0.15) is 0 Å². The molecule has 0 unspecified atom stereocenters. The third kappa shape index (κ3) is 4.09. The average Bonchev–Trinajstić information content (AvgIpc) is 3.23. The monoisotopic (exact) mass is 376 g/mol. The van der Waals surface area contributed by atoms with Crippen LogP contribution in [0.2, 0.25) is 0 Å². The quantitative estimate of drug-likeness (QED) is 0.611. The van der Waals surface area contributed by atoms with Crippen molar-refractivity contribution in [3.05, 3.63) is 70.6 Å². The topological polar surface area (TPSA) is 71.3 Å². The maximum Gasteiger partial charge on any atom is 0.362 e. The Labute approximate surface area is 163 Å². The Hall–Kier alpha value is -3.08. The van der Waals surface area contributed by atoms with Crippen molar-refractivity contribution in [1.29, 1.82) is 0 Å². The molecule has 2 N–H and O–H groups in total. The van der Waals surface area contributed by atoms with Crippen LogP contribution < -0.4 is 16.3 Å². The van der Waals surface area contributed by atoms with E-state index in [2.05, 4.69) is 10.6 Å². The van der Waals surface area contributed by atoms with Gasteiger partial charge in [0.2, 0.25) is 5.91 Å². The highest BCUT2D eigenvalue weighted by Gasteiger charge is 2.21. The van der Waals surface area contributed by atoms with Crippen LogP contribution in [0.5, 0.6) is 0 Å². The number of benzene rings is 2. The summed E-state index contributed by atoms with van der Waals surface area (Å²) in [6, 6.07) is 17.6. The van der Waals surface area contributed by atoms with Gasteiger partial charge in [-0.3, -0.25) is 4.79 Å². The second kappa shape index (κ2) is 8.30. The van der Waals surface area contributed by atoms with Gasteiger partial charge in [0.1, 0.15) is 5.58 Å². The molecule has 0 spiro atoms. The summed E-state index contributed by atoms with van der Waals surface area (Å²) < 4.78 is 5.45. The lowest BCUT2D eigenvalue weighted by molar-refractivity contribution is -0.116. The highest BCUT2D eigenvalue weighted by molar-refractivity contribution is 6.02. The van der Waals surface area contributed by atoms with E-state index < -0.39 is 5.63 Å². The van der Waals surface area contributed by atoms with Gasteiger partial charge >= 0.3 is 5.63 Å². The van der Waals surface area contributed by atoms with E-state index in [1.807, 2.05) is 48.5 Å². The second-order valence-electron chi connectivity index (χ2n) is 7.30. The molecule has 1 aromatic heterocycles. The Morgan fingerprint density at radius 3 is 2.46 bits per heavy atom. The molecular formula is C23H24N2O3. The zero-order chi connectivity index (χ0) is 19.3. The lowest BCUT2D eigenvalue weighted by Gasteiger charge is -2.18. The molecule has 1 heterocycles. The highest BCUT2D eigenvalue weighted by Crippen LogP contribution is 2.32. The molecule has 0 bridgehead atoms. The molecule has 0 radical (unpaired) electrons. The molecule has 1 saturated carbocycles. The minimum Gasteiger partial charge on any atom is -0.421 e. The molecule has 0 saturated heterocycles. The summed E-state index contributed by atoms with van der Waals surface area (Å²) in [5.41, 5.74) is 1.98. The van der Waals surface area contributed by atoms with Gasteiger partial charge in [-0.25, -0.2) is 4.79 Å². The maximum absolute atomic E-state index is 12.6. The Balaban J connectivity index is 1.60. The molecule has 0 aliphatic heterocycles. The molecule has 144 valence electrons. The smallest absolute Gasteiger partial charge is 0.362 e. The van der Waals surface area contributed by atoms with Crippen molar-refractivity contribution < 1.29 is 9.21 Å². The zero-order valence-corrected chi connectivity index (χ0v) is 15.7. The lowest BCUT2D eigenvalue weighted by atomic mass is 10.1. The largest absolute Gasteiger partial charge is 0.421 e. The lowest BCUT2D eigenvalue weighted by Crippen LogP contribution is -2.23. The molecule has 1 amide bonds. The first-order chi connectivity index (χ1) is 13.7. The molecular weight excluding hydrogens is 352 g/mol. The molecule has 1 fully saturated rings. The number of hydrogen-bond acceptors (Lipinski definition) is 4. The van der Waals surface area contributed by atoms with Gasteiger partial charge in [0.05, 0.1) is 5.69 Å². The van der Waals surface area contributed by atoms with E-state index in [0.29, 0.717) is 30.2 Å². The van der Waals surface area contributed by atoms with Crippen LogP contribution in [0.1, 0.15) is 37.7 Å². The zero-order valence-electron chi connectivity index (χ0n) is 15.7. The standard InChI is InChI=1S/C23H24N2O3/c26-20(15-14-16-8-2-1-3-9-16)25-22-21(24-17-10-4-5-11-17)18-12-6-7-13-19(18)28-23(22)27/h1-3,6-9,12-13,17,24H,4-5,10-11,14-15H2,(H,25,26). The first-order valence-corrected chi connectivity index (χ1v) is 9.87. The van der Waals surface area contributed by atoms with E-state index >= 15 is 0 Å². The average molecular weight is 376 g/mol. The van der Waals surface area contributed by atoms with Crippen molar-refractivity contribution in [2.75, 3.05) is 10.6 Å². The van der Waals surface area contributed by atoms with Crippen LogP contribution in [0, 0.1) is 0 Å². The Morgan fingerprint density at radius 1 is 0.964 bits per heavy atom. The van der Waals surface area contributed by atoms with Gasteiger partial charge in [0, 0.05) is 17.8 Å². The SMILES string of the molecule is O=C(CCc1ccccc1)Nc1c(NC2CCCC2)c2ccccc2oc1=O. The van der Waals surface area contributed by atoms with Crippen LogP contribution >= 0.6 is 0 Å². The molecule has 2 aromatic carbocycles. The first kappa shape index (κ1) is 18.3. The van der Waals surface area contributed by atoms with Crippen molar-refractivity contribution >= 4 is 28.3 Å². The minimum atomic E-state index is -0.521. The van der Waals surface area contributed by atoms with Gasteiger partial charge in [-0.1, -0.05) is 55.3 Å². The summed E-state index contributed by atoms with van der Waals surface area (Å²) in [7, 11) is 0. The summed E-state index contributed by atoms with van der Waals surface area (Å²) >= 11 is 0. The summed E-state index contributed by atoms with van der Waals surface area (Å²) in [6.07, 6.45) is 5.41. The van der Waals surface area contributed by atoms with Crippen LogP contribution in [0.25, 0.3) is 11.0 Å². The number of fused-ring (bicyclic) bond motifs is 1. The summed E-state index contributed by atoms with van der Waals surface area (Å²) in [5.74, 6) is -0.194. The van der Waals surface area contributed by atoms with Crippen molar-refractivity contribution in [2.45, 2.75) is 44.6 Å². The number of amides is 1. The van der Waals surface area contributed by atoms with Gasteiger partial charge in [0.15, 0.2) is 5.69 Å². The summed E-state index contributed by atoms with van der Waals surface area (Å²) in [4.78, 5) is 25.2. The number of carbonyl (C=O) groups is 1.